The number of aromatic amines is 1. The smallest absolute Gasteiger partial charge is 0.253 e. The number of hydrogen-bond acceptors (Lipinski definition) is 8. The van der Waals surface area contributed by atoms with Gasteiger partial charge in [-0.15, -0.1) is 5.10 Å². The fourth-order valence-electron chi connectivity index (χ4n) is 5.58. The van der Waals surface area contributed by atoms with Crippen molar-refractivity contribution < 1.29 is 9.47 Å². The highest BCUT2D eigenvalue weighted by atomic mass is 16.5. The predicted molar refractivity (Wildman–Crippen MR) is 133 cm³/mol. The first-order valence-electron chi connectivity index (χ1n) is 12.6. The van der Waals surface area contributed by atoms with Crippen molar-refractivity contribution in [3.8, 4) is 5.75 Å². The van der Waals surface area contributed by atoms with Gasteiger partial charge in [0.2, 0.25) is 0 Å². The van der Waals surface area contributed by atoms with E-state index in [1.165, 1.54) is 32.1 Å². The van der Waals surface area contributed by atoms with Gasteiger partial charge in [0.15, 0.2) is 5.82 Å². The molecule has 0 amide bonds. The largest absolute Gasteiger partial charge is 0.497 e. The maximum atomic E-state index is 13.4. The van der Waals surface area contributed by atoms with Gasteiger partial charge >= 0.3 is 0 Å². The van der Waals surface area contributed by atoms with Gasteiger partial charge in [-0.05, 0) is 47.5 Å². The van der Waals surface area contributed by atoms with Crippen LogP contribution in [0.5, 0.6) is 5.75 Å². The molecule has 1 aliphatic heterocycles. The second kappa shape index (κ2) is 10.8. The predicted octanol–water partition coefficient (Wildman–Crippen LogP) is 2.21. The Labute approximate surface area is 205 Å². The Morgan fingerprint density at radius 1 is 1.09 bits per heavy atom. The summed E-state index contributed by atoms with van der Waals surface area (Å²) in [6.07, 6.45) is 6.61. The zero-order valence-corrected chi connectivity index (χ0v) is 20.7. The van der Waals surface area contributed by atoms with Crippen LogP contribution < -0.4 is 10.3 Å². The molecule has 1 aliphatic carbocycles. The van der Waals surface area contributed by atoms with Gasteiger partial charge in [-0.2, -0.15) is 0 Å². The summed E-state index contributed by atoms with van der Waals surface area (Å²) in [7, 11) is 3.31. The number of nitrogens with one attached hydrogen (secondary N) is 1. The molecule has 0 bridgehead atoms. The lowest BCUT2D eigenvalue weighted by Crippen LogP contribution is -2.52. The molecule has 2 aliphatic rings. The lowest BCUT2D eigenvalue weighted by molar-refractivity contribution is 0.0612. The van der Waals surface area contributed by atoms with Crippen LogP contribution in [0.2, 0.25) is 0 Å². The molecular formula is C25H35N7O3. The topological polar surface area (TPSA) is 101 Å². The number of ether oxygens (including phenoxy) is 2. The van der Waals surface area contributed by atoms with Crippen LogP contribution in [-0.2, 0) is 11.3 Å². The summed E-state index contributed by atoms with van der Waals surface area (Å²) in [5.41, 5.74) is 1.30. The molecule has 35 heavy (non-hydrogen) atoms. The van der Waals surface area contributed by atoms with Crippen LogP contribution >= 0.6 is 0 Å². The highest BCUT2D eigenvalue weighted by Crippen LogP contribution is 2.30. The van der Waals surface area contributed by atoms with Gasteiger partial charge in [0.25, 0.3) is 5.56 Å². The standard InChI is InChI=1S/C25H35N7O3/c1-34-15-14-32-24(27-28-29-32)23(31-12-10-30(11-13-31)19-6-4-3-5-7-19)21-17-18-16-20(35-2)8-9-22(18)26-25(21)33/h8-9,16-17,19,23H,3-7,10-15H2,1-2H3,(H,26,33)/t23-/m1/s1. The zero-order chi connectivity index (χ0) is 24.2. The number of benzene rings is 1. The normalized spacial score (nSPS) is 19.3. The van der Waals surface area contributed by atoms with E-state index in [2.05, 4.69) is 30.3 Å². The summed E-state index contributed by atoms with van der Waals surface area (Å²) in [6, 6.07) is 7.97. The van der Waals surface area contributed by atoms with Crippen LogP contribution in [0.4, 0.5) is 0 Å². The minimum absolute atomic E-state index is 0.122. The Morgan fingerprint density at radius 3 is 2.63 bits per heavy atom. The number of nitrogens with zero attached hydrogens (tertiary/aromatic N) is 6. The Hall–Kier alpha value is -2.82. The Morgan fingerprint density at radius 2 is 1.89 bits per heavy atom. The Bertz CT molecular complexity index is 1180. The number of pyridine rings is 1. The first-order valence-corrected chi connectivity index (χ1v) is 12.6. The summed E-state index contributed by atoms with van der Waals surface area (Å²) in [6.45, 7) is 4.70. The third kappa shape index (κ3) is 5.10. The van der Waals surface area contributed by atoms with Crippen LogP contribution in [0.3, 0.4) is 0 Å². The molecule has 5 rings (SSSR count). The summed E-state index contributed by atoms with van der Waals surface area (Å²) in [5.74, 6) is 1.42. The monoisotopic (exact) mass is 481 g/mol. The third-order valence-electron chi connectivity index (χ3n) is 7.49. The fourth-order valence-corrected chi connectivity index (χ4v) is 5.58. The fraction of sp³-hybridized carbons (Fsp3) is 0.600. The lowest BCUT2D eigenvalue weighted by atomic mass is 9.93. The van der Waals surface area contributed by atoms with Crippen LogP contribution in [0.15, 0.2) is 29.1 Å². The van der Waals surface area contributed by atoms with Crippen LogP contribution in [0.1, 0.15) is 49.5 Å². The summed E-state index contributed by atoms with van der Waals surface area (Å²) < 4.78 is 12.4. The molecule has 1 aromatic carbocycles. The van der Waals surface area contributed by atoms with E-state index in [0.717, 1.165) is 42.8 Å². The molecule has 0 spiro atoms. The van der Waals surface area contributed by atoms with E-state index in [9.17, 15) is 4.79 Å². The summed E-state index contributed by atoms with van der Waals surface area (Å²) >= 11 is 0. The van der Waals surface area contributed by atoms with E-state index in [0.29, 0.717) is 30.6 Å². The van der Waals surface area contributed by atoms with Crippen molar-refractivity contribution in [2.75, 3.05) is 47.0 Å². The number of tetrazole rings is 1. The molecule has 1 atom stereocenters. The first kappa shape index (κ1) is 23.9. The van der Waals surface area contributed by atoms with Gasteiger partial charge < -0.3 is 14.5 Å². The zero-order valence-electron chi connectivity index (χ0n) is 20.7. The van der Waals surface area contributed by atoms with E-state index in [4.69, 9.17) is 9.47 Å². The average Bonchev–Trinajstić information content (AvgIpc) is 3.36. The van der Waals surface area contributed by atoms with Gasteiger partial charge in [0, 0.05) is 55.8 Å². The maximum Gasteiger partial charge on any atom is 0.253 e. The SMILES string of the molecule is COCCn1nnnc1[C@@H](c1cc2cc(OC)ccc2[nH]c1=O)N1CCN(C2CCCCC2)CC1. The third-order valence-corrected chi connectivity index (χ3v) is 7.49. The molecule has 1 saturated carbocycles. The van der Waals surface area contributed by atoms with E-state index in [1.54, 1.807) is 18.9 Å². The van der Waals surface area contributed by atoms with Crippen molar-refractivity contribution in [1.82, 2.24) is 35.0 Å². The summed E-state index contributed by atoms with van der Waals surface area (Å²) in [5, 5.41) is 13.5. The number of hydrogen-bond donors (Lipinski definition) is 1. The van der Waals surface area contributed by atoms with Gasteiger partial charge in [-0.1, -0.05) is 19.3 Å². The van der Waals surface area contributed by atoms with E-state index >= 15 is 0 Å². The molecule has 2 fully saturated rings. The second-order valence-electron chi connectivity index (χ2n) is 9.53. The van der Waals surface area contributed by atoms with Crippen molar-refractivity contribution >= 4 is 10.9 Å². The summed E-state index contributed by atoms with van der Waals surface area (Å²) in [4.78, 5) is 21.4. The molecule has 2 aromatic heterocycles. The molecule has 10 heteroatoms. The highest BCUT2D eigenvalue weighted by Gasteiger charge is 2.34. The molecule has 0 unspecified atom stereocenters. The van der Waals surface area contributed by atoms with Gasteiger partial charge in [-0.3, -0.25) is 14.6 Å². The number of rotatable bonds is 8. The molecule has 1 N–H and O–H groups in total. The van der Waals surface area contributed by atoms with Crippen molar-refractivity contribution in [2.24, 2.45) is 0 Å². The molecule has 3 aromatic rings. The van der Waals surface area contributed by atoms with E-state index in [-0.39, 0.29) is 11.6 Å². The Balaban J connectivity index is 1.49. The van der Waals surface area contributed by atoms with Gasteiger partial charge in [0.05, 0.1) is 20.3 Å². The number of fused-ring (bicyclic) bond motifs is 1. The molecular weight excluding hydrogens is 446 g/mol. The molecule has 188 valence electrons. The molecule has 10 nitrogen and oxygen atoms in total. The second-order valence-corrected chi connectivity index (χ2v) is 9.53. The van der Waals surface area contributed by atoms with E-state index in [1.807, 2.05) is 24.3 Å². The Kier molecular flexibility index (Phi) is 7.40. The minimum atomic E-state index is -0.352. The number of methoxy groups -OCH3 is 2. The van der Waals surface area contributed by atoms with Crippen LogP contribution in [0.25, 0.3) is 10.9 Å². The maximum absolute atomic E-state index is 13.4. The van der Waals surface area contributed by atoms with Crippen molar-refractivity contribution in [2.45, 2.75) is 50.7 Å². The number of H-pyrrole nitrogens is 1. The van der Waals surface area contributed by atoms with Crippen LogP contribution in [-0.4, -0.2) is 88.0 Å². The van der Waals surface area contributed by atoms with Crippen molar-refractivity contribution in [3.63, 3.8) is 0 Å². The van der Waals surface area contributed by atoms with Gasteiger partial charge in [-0.25, -0.2) is 4.68 Å². The van der Waals surface area contributed by atoms with Crippen LogP contribution in [0, 0.1) is 0 Å². The van der Waals surface area contributed by atoms with Gasteiger partial charge in [0.1, 0.15) is 11.8 Å². The van der Waals surface area contributed by atoms with Crippen molar-refractivity contribution in [1.29, 1.82) is 0 Å². The highest BCUT2D eigenvalue weighted by molar-refractivity contribution is 5.80. The lowest BCUT2D eigenvalue weighted by Gasteiger charge is -2.42. The molecule has 1 saturated heterocycles. The quantitative estimate of drug-likeness (QED) is 0.523. The molecule has 0 radical (unpaired) electrons. The van der Waals surface area contributed by atoms with Crippen molar-refractivity contribution in [3.05, 3.63) is 46.0 Å². The number of piperazine rings is 1. The number of aromatic nitrogens is 5. The van der Waals surface area contributed by atoms with E-state index < -0.39 is 0 Å². The first-order chi connectivity index (χ1) is 17.2. The average molecular weight is 482 g/mol. The minimum Gasteiger partial charge on any atom is -0.497 e. The molecule has 3 heterocycles.